The van der Waals surface area contributed by atoms with Crippen LogP contribution in [-0.4, -0.2) is 16.0 Å². The predicted octanol–water partition coefficient (Wildman–Crippen LogP) is 0.616. The van der Waals surface area contributed by atoms with Crippen molar-refractivity contribution in [2.45, 2.75) is 6.92 Å². The van der Waals surface area contributed by atoms with Gasteiger partial charge in [0.15, 0.2) is 5.78 Å². The molecule has 0 amide bonds. The monoisotopic (exact) mass is 161 g/mol. The third kappa shape index (κ3) is 1.73. The van der Waals surface area contributed by atoms with Crippen molar-refractivity contribution in [2.75, 3.05) is 5.73 Å². The van der Waals surface area contributed by atoms with E-state index in [2.05, 4.69) is 10.2 Å². The van der Waals surface area contributed by atoms with E-state index in [-0.39, 0.29) is 18.2 Å². The van der Waals surface area contributed by atoms with Crippen molar-refractivity contribution in [2.24, 2.45) is 0 Å². The fourth-order valence-corrected chi connectivity index (χ4v) is 0.518. The first-order chi connectivity index (χ1) is 4.20. The molecule has 1 rings (SSSR count). The number of Topliss-reactive ketones (excluding diaryl/α,β-unsaturated/α-hetero) is 1. The number of hydrogen-bond acceptors (Lipinski definition) is 3. The summed E-state index contributed by atoms with van der Waals surface area (Å²) in [6.45, 7) is 1.45. The molecule has 3 N–H and O–H groups in total. The average molecular weight is 162 g/mol. The van der Waals surface area contributed by atoms with Gasteiger partial charge >= 0.3 is 0 Å². The van der Waals surface area contributed by atoms with E-state index in [9.17, 15) is 4.79 Å². The molecule has 0 aromatic carbocycles. The zero-order valence-electron chi connectivity index (χ0n) is 5.42. The molecule has 0 fully saturated rings. The van der Waals surface area contributed by atoms with Gasteiger partial charge in [0, 0.05) is 13.0 Å². The predicted molar refractivity (Wildman–Crippen MR) is 40.3 cm³/mol. The third-order valence-electron chi connectivity index (χ3n) is 0.977. The number of rotatable bonds is 1. The largest absolute Gasteiger partial charge is 0.382 e. The molecule has 0 aliphatic carbocycles. The van der Waals surface area contributed by atoms with Gasteiger partial charge in [0.1, 0.15) is 11.5 Å². The first-order valence-electron chi connectivity index (χ1n) is 2.52. The maximum absolute atomic E-state index is 10.5. The zero-order chi connectivity index (χ0) is 6.85. The van der Waals surface area contributed by atoms with Crippen LogP contribution in [0.4, 0.5) is 5.82 Å². The lowest BCUT2D eigenvalue weighted by atomic mass is 10.3. The second-order valence-electron chi connectivity index (χ2n) is 1.76. The van der Waals surface area contributed by atoms with Gasteiger partial charge in [0.05, 0.1) is 0 Å². The Bertz CT molecular complexity index is 233. The summed E-state index contributed by atoms with van der Waals surface area (Å²) >= 11 is 0. The van der Waals surface area contributed by atoms with Gasteiger partial charge in [-0.25, -0.2) is 0 Å². The first kappa shape index (κ1) is 8.97. The highest BCUT2D eigenvalue weighted by Gasteiger charge is 2.00. The number of hydrogen-bond donors (Lipinski definition) is 2. The summed E-state index contributed by atoms with van der Waals surface area (Å²) in [6, 6.07) is 1.50. The molecular weight excluding hydrogens is 154 g/mol. The van der Waals surface area contributed by atoms with Crippen LogP contribution in [0.15, 0.2) is 6.07 Å². The molecule has 0 spiro atoms. The van der Waals surface area contributed by atoms with E-state index in [1.54, 1.807) is 0 Å². The zero-order valence-corrected chi connectivity index (χ0v) is 6.23. The molecule has 56 valence electrons. The quantitative estimate of drug-likeness (QED) is 0.593. The number of nitrogens with zero attached hydrogens (tertiary/aromatic N) is 1. The SMILES string of the molecule is CC(=O)c1cc(N)n[nH]1.Cl. The molecule has 0 saturated heterocycles. The van der Waals surface area contributed by atoms with E-state index in [0.29, 0.717) is 11.5 Å². The lowest BCUT2D eigenvalue weighted by Crippen LogP contribution is -1.90. The summed E-state index contributed by atoms with van der Waals surface area (Å²) in [7, 11) is 0. The van der Waals surface area contributed by atoms with Crippen LogP contribution in [0.5, 0.6) is 0 Å². The summed E-state index contributed by atoms with van der Waals surface area (Å²) in [5, 5.41) is 6.05. The maximum Gasteiger partial charge on any atom is 0.177 e. The molecule has 5 heteroatoms. The number of carbonyl (C=O) groups excluding carboxylic acids is 1. The molecule has 0 bridgehead atoms. The van der Waals surface area contributed by atoms with Crippen LogP contribution < -0.4 is 5.73 Å². The van der Waals surface area contributed by atoms with E-state index in [1.807, 2.05) is 0 Å². The van der Waals surface area contributed by atoms with E-state index in [0.717, 1.165) is 0 Å². The molecular formula is C5H8ClN3O. The fourth-order valence-electron chi connectivity index (χ4n) is 0.518. The van der Waals surface area contributed by atoms with Gasteiger partial charge in [-0.1, -0.05) is 0 Å². The highest BCUT2D eigenvalue weighted by Crippen LogP contribution is 1.99. The van der Waals surface area contributed by atoms with E-state index < -0.39 is 0 Å². The second-order valence-corrected chi connectivity index (χ2v) is 1.76. The second kappa shape index (κ2) is 3.22. The smallest absolute Gasteiger partial charge is 0.177 e. The molecule has 0 unspecified atom stereocenters. The Morgan fingerprint density at radius 1 is 1.80 bits per heavy atom. The molecule has 0 atom stereocenters. The van der Waals surface area contributed by atoms with Crippen LogP contribution in [-0.2, 0) is 0 Å². The van der Waals surface area contributed by atoms with Gasteiger partial charge in [-0.2, -0.15) is 5.10 Å². The van der Waals surface area contributed by atoms with Crippen LogP contribution in [0.3, 0.4) is 0 Å². The lowest BCUT2D eigenvalue weighted by molar-refractivity contribution is 0.101. The van der Waals surface area contributed by atoms with Crippen molar-refractivity contribution >= 4 is 24.0 Å². The molecule has 1 heterocycles. The molecule has 0 aliphatic rings. The number of anilines is 1. The van der Waals surface area contributed by atoms with Crippen LogP contribution in [0.2, 0.25) is 0 Å². The molecule has 0 radical (unpaired) electrons. The van der Waals surface area contributed by atoms with Gasteiger partial charge in [0.25, 0.3) is 0 Å². The minimum atomic E-state index is -0.0563. The maximum atomic E-state index is 10.5. The van der Waals surface area contributed by atoms with E-state index in [4.69, 9.17) is 5.73 Å². The number of halogens is 1. The Kier molecular flexibility index (Phi) is 2.89. The standard InChI is InChI=1S/C5H7N3O.ClH/c1-3(9)4-2-5(6)8-7-4;/h2H,1H3,(H3,6,7,8);1H. The molecule has 4 nitrogen and oxygen atoms in total. The number of aromatic amines is 1. The summed E-state index contributed by atoms with van der Waals surface area (Å²) in [4.78, 5) is 10.5. The third-order valence-corrected chi connectivity index (χ3v) is 0.977. The fraction of sp³-hybridized carbons (Fsp3) is 0.200. The average Bonchev–Trinajstić information content (AvgIpc) is 2.14. The Balaban J connectivity index is 0.000000810. The van der Waals surface area contributed by atoms with Gasteiger partial charge in [0.2, 0.25) is 0 Å². The highest BCUT2D eigenvalue weighted by molar-refractivity contribution is 5.92. The Morgan fingerprint density at radius 2 is 2.40 bits per heavy atom. The number of H-pyrrole nitrogens is 1. The van der Waals surface area contributed by atoms with Gasteiger partial charge in [-0.05, 0) is 0 Å². The molecule has 1 aromatic rings. The number of nitrogens with one attached hydrogen (secondary N) is 1. The Morgan fingerprint density at radius 3 is 2.60 bits per heavy atom. The van der Waals surface area contributed by atoms with Crippen LogP contribution in [0.1, 0.15) is 17.4 Å². The number of carbonyl (C=O) groups is 1. The van der Waals surface area contributed by atoms with Crippen molar-refractivity contribution in [3.05, 3.63) is 11.8 Å². The van der Waals surface area contributed by atoms with Crippen molar-refractivity contribution in [3.8, 4) is 0 Å². The summed E-state index contributed by atoms with van der Waals surface area (Å²) < 4.78 is 0. The normalized spacial score (nSPS) is 8.50. The molecule has 10 heavy (non-hydrogen) atoms. The van der Waals surface area contributed by atoms with Gasteiger partial charge < -0.3 is 5.73 Å². The topological polar surface area (TPSA) is 71.8 Å². The van der Waals surface area contributed by atoms with Crippen molar-refractivity contribution in [3.63, 3.8) is 0 Å². The summed E-state index contributed by atoms with van der Waals surface area (Å²) in [6.07, 6.45) is 0. The number of nitrogens with two attached hydrogens (primary N) is 1. The van der Waals surface area contributed by atoms with Gasteiger partial charge in [-0.3, -0.25) is 9.89 Å². The van der Waals surface area contributed by atoms with Gasteiger partial charge in [-0.15, -0.1) is 12.4 Å². The number of nitrogen functional groups attached to an aromatic ring is 1. The van der Waals surface area contributed by atoms with Crippen molar-refractivity contribution in [1.29, 1.82) is 0 Å². The van der Waals surface area contributed by atoms with Crippen LogP contribution >= 0.6 is 12.4 Å². The van der Waals surface area contributed by atoms with E-state index in [1.165, 1.54) is 13.0 Å². The molecule has 1 aromatic heterocycles. The minimum absolute atomic E-state index is 0. The van der Waals surface area contributed by atoms with Crippen LogP contribution in [0.25, 0.3) is 0 Å². The van der Waals surface area contributed by atoms with E-state index >= 15 is 0 Å². The number of ketones is 1. The molecule has 0 saturated carbocycles. The Hall–Kier alpha value is -1.03. The summed E-state index contributed by atoms with van der Waals surface area (Å²) in [5.74, 6) is 0.291. The summed E-state index contributed by atoms with van der Waals surface area (Å²) in [5.41, 5.74) is 5.67. The minimum Gasteiger partial charge on any atom is -0.382 e. The molecule has 0 aliphatic heterocycles. The number of aromatic nitrogens is 2. The lowest BCUT2D eigenvalue weighted by Gasteiger charge is -1.80. The first-order valence-corrected chi connectivity index (χ1v) is 2.52. The van der Waals surface area contributed by atoms with Crippen LogP contribution in [0, 0.1) is 0 Å². The van der Waals surface area contributed by atoms with Crippen molar-refractivity contribution in [1.82, 2.24) is 10.2 Å². The van der Waals surface area contributed by atoms with Crippen molar-refractivity contribution < 1.29 is 4.79 Å². The highest BCUT2D eigenvalue weighted by atomic mass is 35.5. The Labute approximate surface area is 64.2 Å².